The van der Waals surface area contributed by atoms with Crippen molar-refractivity contribution in [1.82, 2.24) is 10.3 Å². The molecule has 1 fully saturated rings. The molecule has 0 aromatic carbocycles. The van der Waals surface area contributed by atoms with Crippen LogP contribution in [0.2, 0.25) is 0 Å². The third-order valence-electron chi connectivity index (χ3n) is 2.15. The Morgan fingerprint density at radius 2 is 2.38 bits per heavy atom. The quantitative estimate of drug-likeness (QED) is 0.761. The van der Waals surface area contributed by atoms with E-state index < -0.39 is 0 Å². The van der Waals surface area contributed by atoms with E-state index in [1.54, 1.807) is 6.20 Å². The zero-order valence-electron chi connectivity index (χ0n) is 6.96. The molecule has 4 heteroatoms. The third-order valence-corrected chi connectivity index (χ3v) is 2.62. The molecule has 1 aliphatic rings. The van der Waals surface area contributed by atoms with Crippen molar-refractivity contribution in [3.05, 3.63) is 28.5 Å². The van der Waals surface area contributed by atoms with Crippen molar-refractivity contribution in [3.8, 4) is 0 Å². The molecule has 1 aromatic rings. The van der Waals surface area contributed by atoms with Gasteiger partial charge in [-0.25, -0.2) is 4.98 Å². The van der Waals surface area contributed by atoms with E-state index in [1.165, 1.54) is 0 Å². The van der Waals surface area contributed by atoms with Crippen LogP contribution in [0.15, 0.2) is 22.9 Å². The number of carbonyl (C=O) groups is 1. The minimum absolute atomic E-state index is 0.132. The van der Waals surface area contributed by atoms with Crippen LogP contribution in [0, 0.1) is 0 Å². The lowest BCUT2D eigenvalue weighted by molar-refractivity contribution is -0.119. The lowest BCUT2D eigenvalue weighted by Crippen LogP contribution is -2.18. The van der Waals surface area contributed by atoms with E-state index in [-0.39, 0.29) is 11.9 Å². The summed E-state index contributed by atoms with van der Waals surface area (Å²) in [6, 6.07) is 4.03. The number of hydrogen-bond donors (Lipinski definition) is 1. The van der Waals surface area contributed by atoms with Gasteiger partial charge in [0.1, 0.15) is 4.60 Å². The molecule has 1 saturated heterocycles. The standard InChI is InChI=1S/C9H9BrN2O/c10-8-3-1-6(5-11-8)7-2-4-9(13)12-7/h1,3,5,7H,2,4H2,(H,12,13). The van der Waals surface area contributed by atoms with Gasteiger partial charge in [0.25, 0.3) is 0 Å². The molecule has 1 atom stereocenters. The van der Waals surface area contributed by atoms with Gasteiger partial charge in [0.05, 0.1) is 6.04 Å². The van der Waals surface area contributed by atoms with E-state index in [0.717, 1.165) is 16.6 Å². The molecule has 1 N–H and O–H groups in total. The van der Waals surface area contributed by atoms with E-state index in [2.05, 4.69) is 26.2 Å². The molecule has 0 bridgehead atoms. The molecular formula is C9H9BrN2O. The Morgan fingerprint density at radius 3 is 2.92 bits per heavy atom. The number of amides is 1. The van der Waals surface area contributed by atoms with E-state index in [9.17, 15) is 4.79 Å². The third kappa shape index (κ3) is 1.88. The average molecular weight is 241 g/mol. The number of nitrogens with one attached hydrogen (secondary N) is 1. The molecule has 68 valence electrons. The van der Waals surface area contributed by atoms with Gasteiger partial charge < -0.3 is 5.32 Å². The number of aromatic nitrogens is 1. The van der Waals surface area contributed by atoms with Gasteiger partial charge in [-0.1, -0.05) is 6.07 Å². The lowest BCUT2D eigenvalue weighted by Gasteiger charge is -2.08. The van der Waals surface area contributed by atoms with E-state index >= 15 is 0 Å². The van der Waals surface area contributed by atoms with E-state index in [1.807, 2.05) is 12.1 Å². The van der Waals surface area contributed by atoms with Crippen LogP contribution in [-0.4, -0.2) is 10.9 Å². The normalized spacial score (nSPS) is 21.6. The number of carbonyl (C=O) groups excluding carboxylic acids is 1. The maximum atomic E-state index is 11.0. The fourth-order valence-electron chi connectivity index (χ4n) is 1.46. The lowest BCUT2D eigenvalue weighted by atomic mass is 10.1. The Balaban J connectivity index is 2.17. The smallest absolute Gasteiger partial charge is 0.220 e. The van der Waals surface area contributed by atoms with Crippen LogP contribution in [0.25, 0.3) is 0 Å². The highest BCUT2D eigenvalue weighted by atomic mass is 79.9. The summed E-state index contributed by atoms with van der Waals surface area (Å²) in [6.45, 7) is 0. The second kappa shape index (κ2) is 3.46. The van der Waals surface area contributed by atoms with Crippen LogP contribution in [0.5, 0.6) is 0 Å². The first-order valence-electron chi connectivity index (χ1n) is 4.16. The summed E-state index contributed by atoms with van der Waals surface area (Å²) in [5.74, 6) is 0.132. The van der Waals surface area contributed by atoms with Crippen LogP contribution >= 0.6 is 15.9 Å². The van der Waals surface area contributed by atoms with Crippen molar-refractivity contribution < 1.29 is 4.79 Å². The van der Waals surface area contributed by atoms with Gasteiger partial charge in [0.2, 0.25) is 5.91 Å². The summed E-state index contributed by atoms with van der Waals surface area (Å²) in [6.07, 6.45) is 3.29. The largest absolute Gasteiger partial charge is 0.349 e. The molecule has 2 heterocycles. The Labute approximate surface area is 84.7 Å². The minimum atomic E-state index is 0.132. The first-order valence-corrected chi connectivity index (χ1v) is 4.96. The zero-order valence-corrected chi connectivity index (χ0v) is 8.54. The maximum absolute atomic E-state index is 11.0. The Morgan fingerprint density at radius 1 is 1.54 bits per heavy atom. The summed E-state index contributed by atoms with van der Waals surface area (Å²) < 4.78 is 0.820. The molecular weight excluding hydrogens is 232 g/mol. The molecule has 1 aliphatic heterocycles. The van der Waals surface area contributed by atoms with Gasteiger partial charge in [0, 0.05) is 12.6 Å². The highest BCUT2D eigenvalue weighted by molar-refractivity contribution is 9.10. The second-order valence-electron chi connectivity index (χ2n) is 3.07. The van der Waals surface area contributed by atoms with Gasteiger partial charge >= 0.3 is 0 Å². The predicted molar refractivity (Wildman–Crippen MR) is 52.1 cm³/mol. The summed E-state index contributed by atoms with van der Waals surface area (Å²) in [4.78, 5) is 15.1. The molecule has 0 radical (unpaired) electrons. The number of halogens is 1. The van der Waals surface area contributed by atoms with Gasteiger partial charge in [0.15, 0.2) is 0 Å². The summed E-state index contributed by atoms with van der Waals surface area (Å²) in [5.41, 5.74) is 1.08. The Kier molecular flexibility index (Phi) is 2.31. The van der Waals surface area contributed by atoms with E-state index in [0.29, 0.717) is 6.42 Å². The fourth-order valence-corrected chi connectivity index (χ4v) is 1.69. The SMILES string of the molecule is O=C1CCC(c2ccc(Br)nc2)N1. The zero-order chi connectivity index (χ0) is 9.26. The highest BCUT2D eigenvalue weighted by Gasteiger charge is 2.21. The maximum Gasteiger partial charge on any atom is 0.220 e. The van der Waals surface area contributed by atoms with Crippen molar-refractivity contribution in [2.24, 2.45) is 0 Å². The van der Waals surface area contributed by atoms with Crippen LogP contribution in [0.3, 0.4) is 0 Å². The number of hydrogen-bond acceptors (Lipinski definition) is 2. The summed E-state index contributed by atoms with van der Waals surface area (Å²) in [7, 11) is 0. The van der Waals surface area contributed by atoms with Gasteiger partial charge in [-0.05, 0) is 34.0 Å². The molecule has 2 rings (SSSR count). The molecule has 0 spiro atoms. The molecule has 13 heavy (non-hydrogen) atoms. The summed E-state index contributed by atoms with van der Waals surface area (Å²) in [5, 5.41) is 2.90. The second-order valence-corrected chi connectivity index (χ2v) is 3.89. The molecule has 0 aliphatic carbocycles. The van der Waals surface area contributed by atoms with Crippen molar-refractivity contribution in [3.63, 3.8) is 0 Å². The molecule has 1 amide bonds. The van der Waals surface area contributed by atoms with Crippen LogP contribution in [0.1, 0.15) is 24.4 Å². The molecule has 3 nitrogen and oxygen atoms in total. The molecule has 1 aromatic heterocycles. The Hall–Kier alpha value is -0.900. The summed E-state index contributed by atoms with van der Waals surface area (Å²) >= 11 is 3.27. The topological polar surface area (TPSA) is 42.0 Å². The first-order chi connectivity index (χ1) is 6.25. The number of rotatable bonds is 1. The number of nitrogens with zero attached hydrogens (tertiary/aromatic N) is 1. The van der Waals surface area contributed by atoms with Crippen molar-refractivity contribution in [1.29, 1.82) is 0 Å². The van der Waals surface area contributed by atoms with Crippen molar-refractivity contribution in [2.45, 2.75) is 18.9 Å². The van der Waals surface area contributed by atoms with Crippen molar-refractivity contribution >= 4 is 21.8 Å². The van der Waals surface area contributed by atoms with Crippen LogP contribution in [0.4, 0.5) is 0 Å². The first kappa shape index (κ1) is 8.69. The van der Waals surface area contributed by atoms with Gasteiger partial charge in [-0.15, -0.1) is 0 Å². The van der Waals surface area contributed by atoms with Crippen LogP contribution in [-0.2, 0) is 4.79 Å². The van der Waals surface area contributed by atoms with Crippen LogP contribution < -0.4 is 5.32 Å². The fraction of sp³-hybridized carbons (Fsp3) is 0.333. The minimum Gasteiger partial charge on any atom is -0.349 e. The highest BCUT2D eigenvalue weighted by Crippen LogP contribution is 2.23. The monoisotopic (exact) mass is 240 g/mol. The predicted octanol–water partition coefficient (Wildman–Crippen LogP) is 1.80. The Bertz CT molecular complexity index is 323. The molecule has 1 unspecified atom stereocenters. The van der Waals surface area contributed by atoms with Gasteiger partial charge in [-0.2, -0.15) is 0 Å². The average Bonchev–Trinajstić information content (AvgIpc) is 2.53. The van der Waals surface area contributed by atoms with Crippen molar-refractivity contribution in [2.75, 3.05) is 0 Å². The van der Waals surface area contributed by atoms with Gasteiger partial charge in [-0.3, -0.25) is 4.79 Å². The number of pyridine rings is 1. The molecule has 0 saturated carbocycles. The van der Waals surface area contributed by atoms with E-state index in [4.69, 9.17) is 0 Å².